The van der Waals surface area contributed by atoms with Gasteiger partial charge in [-0.15, -0.1) is 0 Å². The Bertz CT molecular complexity index is 540. The number of amides is 1. The van der Waals surface area contributed by atoms with Crippen LogP contribution in [0.1, 0.15) is 5.56 Å². The molecular formula is C13H16F3N3O2. The Balaban J connectivity index is 2.27. The van der Waals surface area contributed by atoms with Crippen molar-refractivity contribution in [1.82, 2.24) is 0 Å². The second kappa shape index (κ2) is 5.80. The highest BCUT2D eigenvalue weighted by Crippen LogP contribution is 2.31. The molecule has 116 valence electrons. The average molecular weight is 303 g/mol. The average Bonchev–Trinajstić information content (AvgIpc) is 2.41. The summed E-state index contributed by atoms with van der Waals surface area (Å²) in [7, 11) is 0. The summed E-state index contributed by atoms with van der Waals surface area (Å²) in [4.78, 5) is 13.0. The van der Waals surface area contributed by atoms with E-state index in [1.807, 2.05) is 10.2 Å². The fourth-order valence-electron chi connectivity index (χ4n) is 2.12. The molecule has 1 fully saturated rings. The largest absolute Gasteiger partial charge is 0.471 e. The van der Waals surface area contributed by atoms with E-state index in [-0.39, 0.29) is 5.69 Å². The number of ether oxygens (including phenoxy) is 1. The smallest absolute Gasteiger partial charge is 0.397 e. The summed E-state index contributed by atoms with van der Waals surface area (Å²) in [6, 6.07) is 3.02. The summed E-state index contributed by atoms with van der Waals surface area (Å²) in [5.74, 6) is -2.00. The van der Waals surface area contributed by atoms with Gasteiger partial charge < -0.3 is 20.7 Å². The van der Waals surface area contributed by atoms with E-state index < -0.39 is 12.1 Å². The van der Waals surface area contributed by atoms with Gasteiger partial charge in [0.1, 0.15) is 0 Å². The van der Waals surface area contributed by atoms with Gasteiger partial charge in [-0.3, -0.25) is 4.79 Å². The van der Waals surface area contributed by atoms with Crippen LogP contribution in [0.15, 0.2) is 12.1 Å². The first-order valence-electron chi connectivity index (χ1n) is 6.40. The number of alkyl halides is 3. The highest BCUT2D eigenvalue weighted by Gasteiger charge is 2.39. The highest BCUT2D eigenvalue weighted by atomic mass is 19.4. The van der Waals surface area contributed by atoms with Gasteiger partial charge in [-0.2, -0.15) is 13.2 Å². The lowest BCUT2D eigenvalue weighted by molar-refractivity contribution is -0.167. The third-order valence-corrected chi connectivity index (χ3v) is 3.23. The van der Waals surface area contributed by atoms with Gasteiger partial charge in [0.2, 0.25) is 0 Å². The molecule has 1 aliphatic heterocycles. The normalized spacial score (nSPS) is 15.9. The fourth-order valence-corrected chi connectivity index (χ4v) is 2.12. The van der Waals surface area contributed by atoms with E-state index in [0.717, 1.165) is 0 Å². The maximum absolute atomic E-state index is 12.3. The van der Waals surface area contributed by atoms with Crippen LogP contribution in [0.2, 0.25) is 0 Å². The van der Waals surface area contributed by atoms with Gasteiger partial charge >= 0.3 is 12.1 Å². The zero-order chi connectivity index (χ0) is 15.6. The lowest BCUT2D eigenvalue weighted by Crippen LogP contribution is -2.37. The van der Waals surface area contributed by atoms with Crippen molar-refractivity contribution < 1.29 is 22.7 Å². The van der Waals surface area contributed by atoms with Crippen molar-refractivity contribution in [3.05, 3.63) is 17.7 Å². The van der Waals surface area contributed by atoms with Crippen LogP contribution >= 0.6 is 0 Å². The number of anilines is 3. The van der Waals surface area contributed by atoms with Gasteiger partial charge in [0.05, 0.1) is 24.6 Å². The number of benzene rings is 1. The van der Waals surface area contributed by atoms with Crippen LogP contribution in [0.25, 0.3) is 0 Å². The molecule has 1 amide bonds. The maximum atomic E-state index is 12.3. The van der Waals surface area contributed by atoms with Crippen LogP contribution in [-0.4, -0.2) is 38.4 Å². The Labute approximate surface area is 119 Å². The predicted molar refractivity (Wildman–Crippen MR) is 73.3 cm³/mol. The molecule has 0 unspecified atom stereocenters. The molecule has 3 N–H and O–H groups in total. The second-order valence-electron chi connectivity index (χ2n) is 4.78. The van der Waals surface area contributed by atoms with Crippen molar-refractivity contribution in [3.8, 4) is 0 Å². The molecule has 2 rings (SSSR count). The lowest BCUT2D eigenvalue weighted by Gasteiger charge is -2.30. The zero-order valence-electron chi connectivity index (χ0n) is 11.5. The molecular weight excluding hydrogens is 287 g/mol. The van der Waals surface area contributed by atoms with Crippen molar-refractivity contribution in [3.63, 3.8) is 0 Å². The minimum absolute atomic E-state index is 0.105. The van der Waals surface area contributed by atoms with Crippen molar-refractivity contribution in [1.29, 1.82) is 0 Å². The number of nitrogen functional groups attached to an aromatic ring is 1. The fraction of sp³-hybridized carbons (Fsp3) is 0.462. The molecule has 0 aromatic heterocycles. The van der Waals surface area contributed by atoms with E-state index in [4.69, 9.17) is 10.5 Å². The lowest BCUT2D eigenvalue weighted by atomic mass is 10.1. The number of morpholine rings is 1. The van der Waals surface area contributed by atoms with Crippen LogP contribution in [0.5, 0.6) is 0 Å². The highest BCUT2D eigenvalue weighted by molar-refractivity contribution is 5.96. The van der Waals surface area contributed by atoms with Gasteiger partial charge in [0.15, 0.2) is 0 Å². The Morgan fingerprint density at radius 1 is 1.33 bits per heavy atom. The molecule has 1 heterocycles. The molecule has 0 bridgehead atoms. The second-order valence-corrected chi connectivity index (χ2v) is 4.78. The van der Waals surface area contributed by atoms with Crippen molar-refractivity contribution in [2.45, 2.75) is 13.1 Å². The van der Waals surface area contributed by atoms with Crippen molar-refractivity contribution in [2.24, 2.45) is 0 Å². The number of hydrogen-bond donors (Lipinski definition) is 2. The Kier molecular flexibility index (Phi) is 4.26. The van der Waals surface area contributed by atoms with E-state index in [2.05, 4.69) is 0 Å². The van der Waals surface area contributed by atoms with Gasteiger partial charge in [-0.05, 0) is 24.6 Å². The summed E-state index contributed by atoms with van der Waals surface area (Å²) in [5, 5.41) is 1.88. The van der Waals surface area contributed by atoms with Crippen LogP contribution < -0.4 is 16.0 Å². The summed E-state index contributed by atoms with van der Waals surface area (Å²) in [6.45, 7) is 3.83. The van der Waals surface area contributed by atoms with Crippen molar-refractivity contribution >= 4 is 23.0 Å². The number of carbonyl (C=O) groups excluding carboxylic acids is 1. The van der Waals surface area contributed by atoms with Gasteiger partial charge in [0.25, 0.3) is 0 Å². The monoisotopic (exact) mass is 303 g/mol. The van der Waals surface area contributed by atoms with E-state index in [1.54, 1.807) is 13.0 Å². The number of halogens is 3. The molecule has 1 aromatic rings. The number of nitrogens with one attached hydrogen (secondary N) is 1. The van der Waals surface area contributed by atoms with Crippen LogP contribution in [0.4, 0.5) is 30.2 Å². The van der Waals surface area contributed by atoms with Crippen LogP contribution in [-0.2, 0) is 9.53 Å². The molecule has 5 nitrogen and oxygen atoms in total. The molecule has 1 saturated heterocycles. The first kappa shape index (κ1) is 15.4. The number of rotatable bonds is 2. The summed E-state index contributed by atoms with van der Waals surface area (Å²) >= 11 is 0. The van der Waals surface area contributed by atoms with Crippen molar-refractivity contribution in [2.75, 3.05) is 42.3 Å². The van der Waals surface area contributed by atoms with Gasteiger partial charge in [-0.25, -0.2) is 0 Å². The molecule has 1 aliphatic rings. The Morgan fingerprint density at radius 3 is 2.52 bits per heavy atom. The summed E-state index contributed by atoms with van der Waals surface area (Å²) in [6.07, 6.45) is -4.92. The molecule has 8 heteroatoms. The standard InChI is InChI=1S/C13H16F3N3O2/c1-8-6-9(17)11(19-2-4-21-5-3-19)7-10(8)18-12(20)13(14,15)16/h6-7H,2-5,17H2,1H3,(H,18,20). The SMILES string of the molecule is Cc1cc(N)c(N2CCOCC2)cc1NC(=O)C(F)(F)F. The third kappa shape index (κ3) is 3.57. The first-order chi connectivity index (χ1) is 9.79. The number of hydrogen-bond acceptors (Lipinski definition) is 4. The molecule has 0 radical (unpaired) electrons. The number of carbonyl (C=O) groups is 1. The van der Waals surface area contributed by atoms with Gasteiger partial charge in [0, 0.05) is 18.8 Å². The van der Waals surface area contributed by atoms with E-state index in [0.29, 0.717) is 43.2 Å². The predicted octanol–water partition coefficient (Wildman–Crippen LogP) is 1.91. The zero-order valence-corrected chi connectivity index (χ0v) is 11.5. The van der Waals surface area contributed by atoms with E-state index in [1.165, 1.54) is 6.07 Å². The van der Waals surface area contributed by atoms with Gasteiger partial charge in [-0.1, -0.05) is 0 Å². The molecule has 0 aliphatic carbocycles. The maximum Gasteiger partial charge on any atom is 0.471 e. The molecule has 0 saturated carbocycles. The first-order valence-corrected chi connectivity index (χ1v) is 6.40. The quantitative estimate of drug-likeness (QED) is 0.819. The number of nitrogens with zero attached hydrogens (tertiary/aromatic N) is 1. The minimum Gasteiger partial charge on any atom is -0.397 e. The summed E-state index contributed by atoms with van der Waals surface area (Å²) < 4.78 is 42.2. The number of aryl methyl sites for hydroxylation is 1. The summed E-state index contributed by atoms with van der Waals surface area (Å²) in [5.41, 5.74) is 7.56. The van der Waals surface area contributed by atoms with E-state index >= 15 is 0 Å². The van der Waals surface area contributed by atoms with Crippen LogP contribution in [0.3, 0.4) is 0 Å². The topological polar surface area (TPSA) is 67.6 Å². The molecule has 1 aromatic carbocycles. The molecule has 21 heavy (non-hydrogen) atoms. The Hall–Kier alpha value is -1.96. The Morgan fingerprint density at radius 2 is 1.95 bits per heavy atom. The number of nitrogens with two attached hydrogens (primary N) is 1. The van der Waals surface area contributed by atoms with E-state index in [9.17, 15) is 18.0 Å². The third-order valence-electron chi connectivity index (χ3n) is 3.23. The van der Waals surface area contributed by atoms with Crippen LogP contribution in [0, 0.1) is 6.92 Å². The minimum atomic E-state index is -4.92. The molecule has 0 spiro atoms. The molecule has 0 atom stereocenters.